The molecule has 0 saturated carbocycles. The van der Waals surface area contributed by atoms with Gasteiger partial charge in [-0.05, 0) is 37.8 Å². The first-order chi connectivity index (χ1) is 10.2. The van der Waals surface area contributed by atoms with E-state index in [4.69, 9.17) is 11.6 Å². The van der Waals surface area contributed by atoms with Crippen LogP contribution in [0.1, 0.15) is 31.0 Å². The highest BCUT2D eigenvalue weighted by atomic mass is 35.5. The highest BCUT2D eigenvalue weighted by molar-refractivity contribution is 6.31. The van der Waals surface area contributed by atoms with Crippen LogP contribution >= 0.6 is 11.6 Å². The molecule has 0 atom stereocenters. The van der Waals surface area contributed by atoms with Crippen molar-refractivity contribution in [2.24, 2.45) is 0 Å². The average molecular weight is 306 g/mol. The lowest BCUT2D eigenvalue weighted by atomic mass is 10.1. The van der Waals surface area contributed by atoms with Crippen LogP contribution in [0.5, 0.6) is 0 Å². The molecule has 0 radical (unpaired) electrons. The van der Waals surface area contributed by atoms with Crippen molar-refractivity contribution in [1.29, 1.82) is 0 Å². The van der Waals surface area contributed by atoms with E-state index in [-0.39, 0.29) is 5.02 Å². The van der Waals surface area contributed by atoms with Gasteiger partial charge in [-0.25, -0.2) is 14.4 Å². The van der Waals surface area contributed by atoms with E-state index < -0.39 is 5.82 Å². The van der Waals surface area contributed by atoms with Gasteiger partial charge in [0.05, 0.1) is 10.6 Å². The van der Waals surface area contributed by atoms with Gasteiger partial charge in [-0.2, -0.15) is 0 Å². The quantitative estimate of drug-likeness (QED) is 0.917. The highest BCUT2D eigenvalue weighted by Gasteiger charge is 2.21. The fourth-order valence-electron chi connectivity index (χ4n) is 2.62. The molecule has 0 amide bonds. The minimum absolute atomic E-state index is 0.0969. The number of fused-ring (bicyclic) bond motifs is 1. The van der Waals surface area contributed by atoms with E-state index in [1.165, 1.54) is 11.6 Å². The maximum atomic E-state index is 14.2. The highest BCUT2D eigenvalue weighted by Crippen LogP contribution is 2.31. The fraction of sp³-hybridized carbons (Fsp3) is 0.375. The van der Waals surface area contributed by atoms with Crippen molar-refractivity contribution in [3.8, 4) is 11.4 Å². The fourth-order valence-corrected chi connectivity index (χ4v) is 2.79. The maximum absolute atomic E-state index is 14.2. The van der Waals surface area contributed by atoms with Gasteiger partial charge in [-0.1, -0.05) is 24.6 Å². The Labute approximate surface area is 128 Å². The van der Waals surface area contributed by atoms with Crippen molar-refractivity contribution in [3.63, 3.8) is 0 Å². The molecule has 0 saturated heterocycles. The summed E-state index contributed by atoms with van der Waals surface area (Å²) in [6, 6.07) is 4.92. The minimum atomic E-state index is -0.460. The summed E-state index contributed by atoms with van der Waals surface area (Å²) in [7, 11) is 0. The molecule has 1 aliphatic carbocycles. The van der Waals surface area contributed by atoms with Gasteiger partial charge in [0.1, 0.15) is 5.82 Å². The summed E-state index contributed by atoms with van der Waals surface area (Å²) >= 11 is 5.86. The molecule has 1 heterocycles. The first-order valence-corrected chi connectivity index (χ1v) is 7.66. The number of halogens is 2. The molecule has 2 aromatic rings. The number of anilines is 1. The number of nitrogens with zero attached hydrogens (tertiary/aromatic N) is 2. The average Bonchev–Trinajstić information content (AvgIpc) is 2.96. The van der Waals surface area contributed by atoms with Crippen LogP contribution in [-0.2, 0) is 12.8 Å². The summed E-state index contributed by atoms with van der Waals surface area (Å²) in [5.74, 6) is 0.793. The third-order valence-electron chi connectivity index (χ3n) is 3.67. The molecule has 1 N–H and O–H groups in total. The molecule has 0 aliphatic heterocycles. The Balaban J connectivity index is 2.09. The SMILES string of the molecule is CCCNc1nc(-c2cccc(Cl)c2F)nc2c1CCC2. The Morgan fingerprint density at radius 1 is 1.29 bits per heavy atom. The lowest BCUT2D eigenvalue weighted by Crippen LogP contribution is -2.08. The second-order valence-corrected chi connectivity index (χ2v) is 5.61. The van der Waals surface area contributed by atoms with E-state index in [2.05, 4.69) is 22.2 Å². The Hall–Kier alpha value is -1.68. The summed E-state index contributed by atoms with van der Waals surface area (Å²) in [5.41, 5.74) is 2.56. The van der Waals surface area contributed by atoms with Crippen LogP contribution in [-0.4, -0.2) is 16.5 Å². The van der Waals surface area contributed by atoms with Crippen molar-refractivity contribution in [3.05, 3.63) is 40.3 Å². The summed E-state index contributed by atoms with van der Waals surface area (Å²) in [4.78, 5) is 9.08. The summed E-state index contributed by atoms with van der Waals surface area (Å²) in [6.07, 6.45) is 4.00. The number of rotatable bonds is 4. The second-order valence-electron chi connectivity index (χ2n) is 5.20. The zero-order valence-corrected chi connectivity index (χ0v) is 12.7. The first kappa shape index (κ1) is 14.3. The number of hydrogen-bond acceptors (Lipinski definition) is 3. The Bertz CT molecular complexity index is 673. The first-order valence-electron chi connectivity index (χ1n) is 7.28. The molecule has 110 valence electrons. The molecular formula is C16H17ClFN3. The van der Waals surface area contributed by atoms with Crippen LogP contribution in [0.15, 0.2) is 18.2 Å². The molecule has 21 heavy (non-hydrogen) atoms. The van der Waals surface area contributed by atoms with Crippen molar-refractivity contribution in [2.45, 2.75) is 32.6 Å². The molecule has 0 bridgehead atoms. The van der Waals surface area contributed by atoms with Gasteiger partial charge in [0.25, 0.3) is 0 Å². The summed E-state index contributed by atoms with van der Waals surface area (Å²) in [5, 5.41) is 3.43. The predicted molar refractivity (Wildman–Crippen MR) is 83.2 cm³/mol. The van der Waals surface area contributed by atoms with Crippen LogP contribution in [0.3, 0.4) is 0 Å². The molecular weight excluding hydrogens is 289 g/mol. The lowest BCUT2D eigenvalue weighted by molar-refractivity contribution is 0.630. The van der Waals surface area contributed by atoms with Crippen LogP contribution in [0, 0.1) is 5.82 Å². The van der Waals surface area contributed by atoms with E-state index >= 15 is 0 Å². The second kappa shape index (κ2) is 5.98. The predicted octanol–water partition coefficient (Wildman–Crippen LogP) is 4.25. The van der Waals surface area contributed by atoms with Gasteiger partial charge in [-0.15, -0.1) is 0 Å². The molecule has 0 spiro atoms. The molecule has 3 rings (SSSR count). The third-order valence-corrected chi connectivity index (χ3v) is 3.96. The zero-order chi connectivity index (χ0) is 14.8. The molecule has 1 aromatic carbocycles. The topological polar surface area (TPSA) is 37.8 Å². The molecule has 0 unspecified atom stereocenters. The Morgan fingerprint density at radius 3 is 2.95 bits per heavy atom. The number of hydrogen-bond donors (Lipinski definition) is 1. The molecule has 3 nitrogen and oxygen atoms in total. The number of aryl methyl sites for hydroxylation is 1. The normalized spacial score (nSPS) is 13.3. The molecule has 0 fully saturated rings. The van der Waals surface area contributed by atoms with Gasteiger partial charge in [0.2, 0.25) is 0 Å². The molecule has 5 heteroatoms. The summed E-state index contributed by atoms with van der Waals surface area (Å²) < 4.78 is 14.2. The standard InChI is InChI=1S/C16H17ClFN3/c1-2-9-19-15-10-5-4-8-13(10)20-16(21-15)11-6-3-7-12(17)14(11)18/h3,6-7H,2,4-5,8-9H2,1H3,(H,19,20,21). The molecule has 1 aromatic heterocycles. The van der Waals surface area contributed by atoms with Gasteiger partial charge in [0, 0.05) is 17.8 Å². The van der Waals surface area contributed by atoms with E-state index in [0.29, 0.717) is 11.4 Å². The number of nitrogens with one attached hydrogen (secondary N) is 1. The van der Waals surface area contributed by atoms with Crippen molar-refractivity contribution in [1.82, 2.24) is 9.97 Å². The smallest absolute Gasteiger partial charge is 0.164 e. The van der Waals surface area contributed by atoms with Crippen molar-refractivity contribution in [2.75, 3.05) is 11.9 Å². The van der Waals surface area contributed by atoms with E-state index in [1.54, 1.807) is 12.1 Å². The van der Waals surface area contributed by atoms with Crippen LogP contribution in [0.25, 0.3) is 11.4 Å². The number of benzene rings is 1. The monoisotopic (exact) mass is 305 g/mol. The third kappa shape index (κ3) is 2.72. The van der Waals surface area contributed by atoms with Crippen LogP contribution < -0.4 is 5.32 Å². The maximum Gasteiger partial charge on any atom is 0.164 e. The van der Waals surface area contributed by atoms with Crippen LogP contribution in [0.4, 0.5) is 10.2 Å². The Morgan fingerprint density at radius 2 is 2.14 bits per heavy atom. The van der Waals surface area contributed by atoms with E-state index in [0.717, 1.165) is 43.7 Å². The van der Waals surface area contributed by atoms with Crippen molar-refractivity contribution < 1.29 is 4.39 Å². The molecule has 1 aliphatic rings. The minimum Gasteiger partial charge on any atom is -0.370 e. The van der Waals surface area contributed by atoms with E-state index in [1.807, 2.05) is 0 Å². The largest absolute Gasteiger partial charge is 0.370 e. The van der Waals surface area contributed by atoms with E-state index in [9.17, 15) is 4.39 Å². The Kier molecular flexibility index (Phi) is 4.06. The summed E-state index contributed by atoms with van der Waals surface area (Å²) in [6.45, 7) is 2.95. The van der Waals surface area contributed by atoms with Gasteiger partial charge in [-0.3, -0.25) is 0 Å². The number of aromatic nitrogens is 2. The van der Waals surface area contributed by atoms with Gasteiger partial charge >= 0.3 is 0 Å². The van der Waals surface area contributed by atoms with Crippen molar-refractivity contribution >= 4 is 17.4 Å². The van der Waals surface area contributed by atoms with Crippen LogP contribution in [0.2, 0.25) is 5.02 Å². The van der Waals surface area contributed by atoms with Gasteiger partial charge < -0.3 is 5.32 Å². The lowest BCUT2D eigenvalue weighted by Gasteiger charge is -2.12. The zero-order valence-electron chi connectivity index (χ0n) is 11.9. The van der Waals surface area contributed by atoms with Gasteiger partial charge in [0.15, 0.2) is 11.6 Å².